The van der Waals surface area contributed by atoms with Gasteiger partial charge in [-0.25, -0.2) is 14.4 Å². The Hall–Kier alpha value is -3.18. The monoisotopic (exact) mass is 611 g/mol. The number of hydrogen-bond acceptors (Lipinski definition) is 9. The fraction of sp³-hybridized carbons (Fsp3) is 0.806. The summed E-state index contributed by atoms with van der Waals surface area (Å²) < 4.78 is 17.0. The minimum Gasteiger partial charge on any atom is -0.450 e. The molecular formula is C31H53N3O9. The molecular weight excluding hydrogens is 558 g/mol. The van der Waals surface area contributed by atoms with Gasteiger partial charge in [-0.3, -0.25) is 14.4 Å². The third-order valence-corrected chi connectivity index (χ3v) is 7.38. The smallest absolute Gasteiger partial charge is 0.329 e. The second kappa shape index (κ2) is 16.0. The first kappa shape index (κ1) is 37.8. The van der Waals surface area contributed by atoms with Gasteiger partial charge in [0.15, 0.2) is 18.3 Å². The van der Waals surface area contributed by atoms with Gasteiger partial charge in [0.05, 0.1) is 0 Å². The van der Waals surface area contributed by atoms with Crippen molar-refractivity contribution >= 4 is 35.6 Å². The maximum absolute atomic E-state index is 13.7. The molecule has 1 saturated heterocycles. The Labute approximate surface area is 256 Å². The number of carbonyl (C=O) groups is 6. The lowest BCUT2D eigenvalue weighted by Gasteiger charge is -2.35. The Morgan fingerprint density at radius 2 is 0.814 bits per heavy atom. The molecule has 0 aromatic carbocycles. The van der Waals surface area contributed by atoms with Gasteiger partial charge in [0.2, 0.25) is 0 Å². The van der Waals surface area contributed by atoms with Crippen LogP contribution in [0.15, 0.2) is 0 Å². The van der Waals surface area contributed by atoms with Crippen LogP contribution in [0, 0.1) is 35.5 Å². The Bertz CT molecular complexity index is 1020. The van der Waals surface area contributed by atoms with Gasteiger partial charge in [0.25, 0.3) is 17.7 Å². The molecule has 0 aliphatic carbocycles. The maximum Gasteiger partial charge on any atom is 0.329 e. The van der Waals surface area contributed by atoms with Gasteiger partial charge in [0, 0.05) is 7.05 Å². The molecule has 1 fully saturated rings. The zero-order valence-electron chi connectivity index (χ0n) is 28.0. The first-order chi connectivity index (χ1) is 19.7. The summed E-state index contributed by atoms with van der Waals surface area (Å²) in [6.45, 7) is 20.4. The molecule has 1 aliphatic rings. The molecule has 0 bridgehead atoms. The highest BCUT2D eigenvalue weighted by atomic mass is 16.6. The van der Waals surface area contributed by atoms with E-state index in [4.69, 9.17) is 14.2 Å². The highest BCUT2D eigenvalue weighted by Gasteiger charge is 2.42. The van der Waals surface area contributed by atoms with E-state index in [1.165, 1.54) is 11.9 Å². The van der Waals surface area contributed by atoms with Gasteiger partial charge in [-0.15, -0.1) is 0 Å². The molecule has 12 heteroatoms. The quantitative estimate of drug-likeness (QED) is 0.340. The van der Waals surface area contributed by atoms with Crippen LogP contribution in [0.1, 0.15) is 83.1 Å². The zero-order valence-corrected chi connectivity index (χ0v) is 28.0. The lowest BCUT2D eigenvalue weighted by Crippen LogP contribution is -2.57. The molecule has 246 valence electrons. The highest BCUT2D eigenvalue weighted by molar-refractivity contribution is 5.94. The van der Waals surface area contributed by atoms with Crippen LogP contribution in [0.5, 0.6) is 0 Å². The first-order valence-corrected chi connectivity index (χ1v) is 15.2. The fourth-order valence-corrected chi connectivity index (χ4v) is 4.73. The Morgan fingerprint density at radius 3 is 1.12 bits per heavy atom. The van der Waals surface area contributed by atoms with E-state index in [2.05, 4.69) is 10.6 Å². The number of esters is 3. The Kier molecular flexibility index (Phi) is 14.1. The summed E-state index contributed by atoms with van der Waals surface area (Å²) in [5, 5.41) is 5.28. The van der Waals surface area contributed by atoms with Crippen molar-refractivity contribution in [2.24, 2.45) is 35.5 Å². The van der Waals surface area contributed by atoms with Gasteiger partial charge >= 0.3 is 17.9 Å². The van der Waals surface area contributed by atoms with Gasteiger partial charge in [-0.2, -0.15) is 0 Å². The van der Waals surface area contributed by atoms with Crippen molar-refractivity contribution < 1.29 is 43.0 Å². The van der Waals surface area contributed by atoms with E-state index in [0.717, 1.165) is 0 Å². The predicted molar refractivity (Wildman–Crippen MR) is 159 cm³/mol. The van der Waals surface area contributed by atoms with E-state index in [1.807, 2.05) is 0 Å². The number of likely N-dealkylation sites (N-methyl/N-ethyl adjacent to an activating group) is 1. The van der Waals surface area contributed by atoms with Crippen LogP contribution < -0.4 is 10.6 Å². The van der Waals surface area contributed by atoms with Crippen molar-refractivity contribution in [3.8, 4) is 0 Å². The summed E-state index contributed by atoms with van der Waals surface area (Å²) in [4.78, 5) is 82.1. The third kappa shape index (κ3) is 9.92. The maximum atomic E-state index is 13.7. The second-order valence-electron chi connectivity index (χ2n) is 13.4. The topological polar surface area (TPSA) is 157 Å². The fourth-order valence-electron chi connectivity index (χ4n) is 4.73. The van der Waals surface area contributed by atoms with Crippen LogP contribution in [-0.4, -0.2) is 84.0 Å². The lowest BCUT2D eigenvalue weighted by atomic mass is 9.98. The van der Waals surface area contributed by atoms with E-state index in [0.29, 0.717) is 0 Å². The lowest BCUT2D eigenvalue weighted by molar-refractivity contribution is -0.175. The molecule has 0 radical (unpaired) electrons. The molecule has 1 heterocycles. The number of amides is 3. The van der Waals surface area contributed by atoms with E-state index < -0.39 is 108 Å². The van der Waals surface area contributed by atoms with Crippen molar-refractivity contribution in [3.63, 3.8) is 0 Å². The predicted octanol–water partition coefficient (Wildman–Crippen LogP) is 2.47. The van der Waals surface area contributed by atoms with Crippen LogP contribution in [-0.2, 0) is 43.0 Å². The summed E-state index contributed by atoms with van der Waals surface area (Å²) in [6, 6.07) is -3.44. The second-order valence-corrected chi connectivity index (χ2v) is 13.4. The zero-order chi connectivity index (χ0) is 33.5. The average molecular weight is 612 g/mol. The average Bonchev–Trinajstić information content (AvgIpc) is 2.87. The minimum atomic E-state index is -1.29. The van der Waals surface area contributed by atoms with Crippen LogP contribution in [0.2, 0.25) is 0 Å². The van der Waals surface area contributed by atoms with Crippen LogP contribution >= 0.6 is 0 Å². The first-order valence-electron chi connectivity index (χ1n) is 15.2. The molecule has 0 spiro atoms. The van der Waals surface area contributed by atoms with E-state index >= 15 is 0 Å². The summed E-state index contributed by atoms with van der Waals surface area (Å²) in [5.41, 5.74) is 0. The molecule has 1 aliphatic heterocycles. The minimum absolute atomic E-state index is 0.430. The normalized spacial score (nSPS) is 27.7. The molecule has 0 aromatic rings. The van der Waals surface area contributed by atoms with E-state index in [-0.39, 0.29) is 0 Å². The Balaban J connectivity index is 3.77. The van der Waals surface area contributed by atoms with E-state index in [1.54, 1.807) is 83.1 Å². The van der Waals surface area contributed by atoms with Crippen LogP contribution in [0.25, 0.3) is 0 Å². The van der Waals surface area contributed by atoms with Crippen molar-refractivity contribution in [1.82, 2.24) is 15.5 Å². The number of nitrogens with zero attached hydrogens (tertiary/aromatic N) is 1. The van der Waals surface area contributed by atoms with Crippen molar-refractivity contribution in [2.45, 2.75) is 120 Å². The Morgan fingerprint density at radius 1 is 0.488 bits per heavy atom. The number of hydrogen-bond donors (Lipinski definition) is 2. The molecule has 2 N–H and O–H groups in total. The van der Waals surface area contributed by atoms with E-state index in [9.17, 15) is 28.8 Å². The largest absolute Gasteiger partial charge is 0.450 e. The summed E-state index contributed by atoms with van der Waals surface area (Å²) >= 11 is 0. The van der Waals surface area contributed by atoms with Gasteiger partial charge in [-0.1, -0.05) is 83.1 Å². The molecule has 0 saturated carbocycles. The molecule has 6 atom stereocenters. The number of cyclic esters (lactones) is 3. The van der Waals surface area contributed by atoms with Gasteiger partial charge in [0.1, 0.15) is 18.1 Å². The van der Waals surface area contributed by atoms with Gasteiger partial charge in [-0.05, 0) is 35.5 Å². The molecule has 0 unspecified atom stereocenters. The standard InChI is InChI=1S/C31H53N3O9/c1-14(2)20-29(38)41-23(17(7)8)26(35)33-21(15(3)4)30(39)43-25(19(11)12)28(37)34(13)22(16(5)6)31(40)42-24(18(9)10)27(36)32-20/h14-25H,1-13H3,(H,32,36)(H,33,35)/t20-,21-,22-,23+,24+,25+/m0/s1. The van der Waals surface area contributed by atoms with Crippen molar-refractivity contribution in [2.75, 3.05) is 7.05 Å². The van der Waals surface area contributed by atoms with Crippen LogP contribution in [0.3, 0.4) is 0 Å². The highest BCUT2D eigenvalue weighted by Crippen LogP contribution is 2.21. The molecule has 1 rings (SSSR count). The summed E-state index contributed by atoms with van der Waals surface area (Å²) in [5.74, 6) is -7.33. The summed E-state index contributed by atoms with van der Waals surface area (Å²) in [7, 11) is 1.42. The van der Waals surface area contributed by atoms with Gasteiger partial charge < -0.3 is 29.7 Å². The van der Waals surface area contributed by atoms with Crippen molar-refractivity contribution in [1.29, 1.82) is 0 Å². The third-order valence-electron chi connectivity index (χ3n) is 7.38. The summed E-state index contributed by atoms with van der Waals surface area (Å²) in [6.07, 6.45) is -3.86. The number of rotatable bonds is 6. The van der Waals surface area contributed by atoms with Crippen LogP contribution in [0.4, 0.5) is 0 Å². The number of ether oxygens (including phenoxy) is 3. The van der Waals surface area contributed by atoms with Crippen molar-refractivity contribution in [3.05, 3.63) is 0 Å². The molecule has 3 amide bonds. The molecule has 43 heavy (non-hydrogen) atoms. The SMILES string of the molecule is CC(C)[C@@H]1NC(=O)[C@@H](C(C)C)OC(=O)[C@H](C(C)C)N(C)C(=O)[C@@H](C(C)C)OC(=O)[C@H](C(C)C)NC(=O)[C@@H](C(C)C)OC1=O. The molecule has 12 nitrogen and oxygen atoms in total. The number of carbonyl (C=O) groups excluding carboxylic acids is 6. The molecule has 0 aromatic heterocycles. The number of nitrogens with one attached hydrogen (secondary N) is 2.